The van der Waals surface area contributed by atoms with Crippen LogP contribution in [-0.4, -0.2) is 15.0 Å². The zero-order chi connectivity index (χ0) is 10.1. The van der Waals surface area contributed by atoms with Crippen molar-refractivity contribution in [3.8, 4) is 0 Å². The van der Waals surface area contributed by atoms with Gasteiger partial charge in [-0.15, -0.1) is 0 Å². The molecule has 0 aliphatic heterocycles. The molecule has 70 valence electrons. The lowest BCUT2D eigenvalue weighted by Crippen LogP contribution is -2.29. The Morgan fingerprint density at radius 2 is 2.00 bits per heavy atom. The summed E-state index contributed by atoms with van der Waals surface area (Å²) in [6.07, 6.45) is 3.17. The van der Waals surface area contributed by atoms with E-state index in [2.05, 4.69) is 21.5 Å². The normalized spacial score (nSPS) is 10.3. The van der Waals surface area contributed by atoms with Gasteiger partial charge in [0.2, 0.25) is 0 Å². The molecule has 5 heteroatoms. The number of H-pyrrole nitrogens is 2. The first kappa shape index (κ1) is 8.43. The highest BCUT2D eigenvalue weighted by molar-refractivity contribution is 5.72. The first-order valence-corrected chi connectivity index (χ1v) is 3.95. The van der Waals surface area contributed by atoms with Gasteiger partial charge in [0.25, 0.3) is 0 Å². The van der Waals surface area contributed by atoms with Crippen molar-refractivity contribution < 1.29 is 0 Å². The topological polar surface area (TPSA) is 78.6 Å². The molecular weight excluding hydrogens is 182 g/mol. The Hall–Kier alpha value is -2.17. The molecule has 0 atom stereocenters. The molecule has 2 aromatic rings. The molecule has 0 saturated carbocycles. The van der Waals surface area contributed by atoms with Crippen LogP contribution in [0.15, 0.2) is 28.4 Å². The molecule has 0 unspecified atom stereocenters. The molecule has 0 radical (unpaired) electrons. The molecule has 0 spiro atoms. The van der Waals surface area contributed by atoms with Crippen molar-refractivity contribution in [2.75, 3.05) is 0 Å². The van der Waals surface area contributed by atoms with Gasteiger partial charge in [-0.2, -0.15) is 0 Å². The monoisotopic (exact) mass is 189 g/mol. The third kappa shape index (κ3) is 1.24. The molecule has 0 aliphatic rings. The lowest BCUT2D eigenvalue weighted by molar-refractivity contribution is 1.11. The quantitative estimate of drug-likeness (QED) is 0.631. The first-order valence-electron chi connectivity index (χ1n) is 3.95. The Morgan fingerprint density at radius 3 is 2.71 bits per heavy atom. The average Bonchev–Trinajstić information content (AvgIpc) is 2.19. The standard InChI is InChI=1S/C9H7N3O2/c1-2-5-3-6-7(10-4-5)12-9(14)8(13)11-6/h2-4H,1H2,(H,11,13)(H,10,12,14). The number of hydrogen-bond acceptors (Lipinski definition) is 3. The van der Waals surface area contributed by atoms with Crippen molar-refractivity contribution in [3.05, 3.63) is 45.1 Å². The number of pyridine rings is 1. The third-order valence-electron chi connectivity index (χ3n) is 1.83. The number of aromatic nitrogens is 3. The molecule has 0 aromatic carbocycles. The second-order valence-electron chi connectivity index (χ2n) is 2.78. The minimum Gasteiger partial charge on any atom is -0.315 e. The van der Waals surface area contributed by atoms with Crippen LogP contribution in [0.3, 0.4) is 0 Å². The maximum atomic E-state index is 11.0. The fraction of sp³-hybridized carbons (Fsp3) is 0. The van der Waals surface area contributed by atoms with Gasteiger partial charge in [0, 0.05) is 6.20 Å². The maximum Gasteiger partial charge on any atom is 0.315 e. The molecule has 5 nitrogen and oxygen atoms in total. The number of nitrogens with zero attached hydrogens (tertiary/aromatic N) is 1. The van der Waals surface area contributed by atoms with Gasteiger partial charge in [0.1, 0.15) is 0 Å². The van der Waals surface area contributed by atoms with Crippen LogP contribution in [0.25, 0.3) is 17.2 Å². The Bertz CT molecular complexity index is 609. The maximum absolute atomic E-state index is 11.0. The molecule has 0 fully saturated rings. The lowest BCUT2D eigenvalue weighted by Gasteiger charge is -1.96. The number of hydrogen-bond donors (Lipinski definition) is 2. The van der Waals surface area contributed by atoms with Crippen molar-refractivity contribution in [1.82, 2.24) is 15.0 Å². The van der Waals surface area contributed by atoms with Crippen LogP contribution in [0.5, 0.6) is 0 Å². The molecule has 14 heavy (non-hydrogen) atoms. The van der Waals surface area contributed by atoms with Gasteiger partial charge in [0.15, 0.2) is 5.65 Å². The number of aromatic amines is 2. The fourth-order valence-electron chi connectivity index (χ4n) is 1.13. The average molecular weight is 189 g/mol. The highest BCUT2D eigenvalue weighted by Gasteiger charge is 1.99. The van der Waals surface area contributed by atoms with Gasteiger partial charge in [0.05, 0.1) is 5.52 Å². The summed E-state index contributed by atoms with van der Waals surface area (Å²) in [6.45, 7) is 3.57. The minimum absolute atomic E-state index is 0.361. The zero-order valence-electron chi connectivity index (χ0n) is 7.20. The van der Waals surface area contributed by atoms with Crippen LogP contribution in [0.4, 0.5) is 0 Å². The molecule has 0 saturated heterocycles. The second-order valence-corrected chi connectivity index (χ2v) is 2.78. The third-order valence-corrected chi connectivity index (χ3v) is 1.83. The molecule has 0 aliphatic carbocycles. The molecule has 2 N–H and O–H groups in total. The predicted molar refractivity (Wildman–Crippen MR) is 53.1 cm³/mol. The van der Waals surface area contributed by atoms with Gasteiger partial charge in [-0.3, -0.25) is 9.59 Å². The minimum atomic E-state index is -0.698. The zero-order valence-corrected chi connectivity index (χ0v) is 7.20. The summed E-state index contributed by atoms with van der Waals surface area (Å²) in [5.74, 6) is 0. The van der Waals surface area contributed by atoms with E-state index in [1.165, 1.54) is 0 Å². The van der Waals surface area contributed by atoms with Crippen molar-refractivity contribution in [2.45, 2.75) is 0 Å². The fourth-order valence-corrected chi connectivity index (χ4v) is 1.13. The Kier molecular flexibility index (Phi) is 1.78. The van der Waals surface area contributed by atoms with E-state index in [0.29, 0.717) is 11.2 Å². The summed E-state index contributed by atoms with van der Waals surface area (Å²) in [7, 11) is 0. The SMILES string of the molecule is C=Cc1cnc2[nH]c(=O)c(=O)[nH]c2c1. The van der Waals surface area contributed by atoms with E-state index < -0.39 is 11.1 Å². The highest BCUT2D eigenvalue weighted by Crippen LogP contribution is 2.05. The lowest BCUT2D eigenvalue weighted by atomic mass is 10.2. The van der Waals surface area contributed by atoms with Crippen LogP contribution in [0.1, 0.15) is 5.56 Å². The van der Waals surface area contributed by atoms with Crippen molar-refractivity contribution in [1.29, 1.82) is 0 Å². The smallest absolute Gasteiger partial charge is 0.315 e. The second kappa shape index (κ2) is 2.95. The van der Waals surface area contributed by atoms with E-state index in [1.807, 2.05) is 0 Å². The number of fused-ring (bicyclic) bond motifs is 1. The molecule has 0 amide bonds. The van der Waals surface area contributed by atoms with Crippen molar-refractivity contribution in [3.63, 3.8) is 0 Å². The Labute approximate surface area is 78.1 Å². The summed E-state index contributed by atoms with van der Waals surface area (Å²) >= 11 is 0. The van der Waals surface area contributed by atoms with E-state index in [-0.39, 0.29) is 0 Å². The Morgan fingerprint density at radius 1 is 1.29 bits per heavy atom. The van der Waals surface area contributed by atoms with Crippen LogP contribution in [0, 0.1) is 0 Å². The largest absolute Gasteiger partial charge is 0.315 e. The summed E-state index contributed by atoms with van der Waals surface area (Å²) in [4.78, 5) is 30.7. The Balaban J connectivity index is 2.90. The summed E-state index contributed by atoms with van der Waals surface area (Å²) in [5, 5.41) is 0. The van der Waals surface area contributed by atoms with Crippen LogP contribution in [-0.2, 0) is 0 Å². The van der Waals surface area contributed by atoms with Crippen molar-refractivity contribution in [2.24, 2.45) is 0 Å². The van der Waals surface area contributed by atoms with Gasteiger partial charge >= 0.3 is 11.1 Å². The van der Waals surface area contributed by atoms with Gasteiger partial charge in [-0.25, -0.2) is 4.98 Å². The molecule has 2 rings (SSSR count). The molecule has 2 heterocycles. The van der Waals surface area contributed by atoms with E-state index in [1.54, 1.807) is 18.3 Å². The van der Waals surface area contributed by atoms with Crippen molar-refractivity contribution >= 4 is 17.2 Å². The van der Waals surface area contributed by atoms with Crippen LogP contribution in [0.2, 0.25) is 0 Å². The van der Waals surface area contributed by atoms with E-state index in [0.717, 1.165) is 5.56 Å². The predicted octanol–water partition coefficient (Wildman–Crippen LogP) is 0.254. The molecule has 0 bridgehead atoms. The van der Waals surface area contributed by atoms with Gasteiger partial charge in [-0.1, -0.05) is 12.7 Å². The van der Waals surface area contributed by atoms with Gasteiger partial charge < -0.3 is 9.97 Å². The summed E-state index contributed by atoms with van der Waals surface area (Å²) < 4.78 is 0. The highest BCUT2D eigenvalue weighted by atomic mass is 16.2. The summed E-state index contributed by atoms with van der Waals surface area (Å²) in [6, 6.07) is 1.69. The van der Waals surface area contributed by atoms with E-state index in [9.17, 15) is 9.59 Å². The first-order chi connectivity index (χ1) is 6.70. The van der Waals surface area contributed by atoms with Crippen LogP contribution >= 0.6 is 0 Å². The molecular formula is C9H7N3O2. The van der Waals surface area contributed by atoms with Crippen LogP contribution < -0.4 is 11.1 Å². The number of nitrogens with one attached hydrogen (secondary N) is 2. The van der Waals surface area contributed by atoms with E-state index in [4.69, 9.17) is 0 Å². The molecule has 2 aromatic heterocycles. The van der Waals surface area contributed by atoms with Gasteiger partial charge in [-0.05, 0) is 11.6 Å². The van der Waals surface area contributed by atoms with E-state index >= 15 is 0 Å². The summed E-state index contributed by atoms with van der Waals surface area (Å²) in [5.41, 5.74) is 0.254. The number of rotatable bonds is 1.